The summed E-state index contributed by atoms with van der Waals surface area (Å²) in [4.78, 5) is 20.1. The molecule has 23 heavy (non-hydrogen) atoms. The van der Waals surface area contributed by atoms with Crippen LogP contribution in [0.4, 0.5) is 15.3 Å². The number of benzene rings is 1. The summed E-state index contributed by atoms with van der Waals surface area (Å²) >= 11 is 8.37. The van der Waals surface area contributed by atoms with E-state index in [1.165, 1.54) is 24.0 Å². The van der Waals surface area contributed by atoms with Crippen molar-refractivity contribution in [1.29, 1.82) is 0 Å². The van der Waals surface area contributed by atoms with Crippen LogP contribution in [-0.4, -0.2) is 10.5 Å². The number of nitrogens with two attached hydrogens (primary N) is 1. The normalized spacial score (nSPS) is 9.13. The van der Waals surface area contributed by atoms with Crippen LogP contribution < -0.4 is 11.1 Å². The first kappa shape index (κ1) is 24.5. The second-order valence-corrected chi connectivity index (χ2v) is 5.66. The van der Waals surface area contributed by atoms with Crippen molar-refractivity contribution in [2.75, 3.05) is 5.32 Å². The molecule has 7 heteroatoms. The molecule has 0 fully saturated rings. The summed E-state index contributed by atoms with van der Waals surface area (Å²) < 4.78 is 0. The zero-order chi connectivity index (χ0) is 17.0. The van der Waals surface area contributed by atoms with Crippen LogP contribution in [0.25, 0.3) is 0 Å². The van der Waals surface area contributed by atoms with Crippen molar-refractivity contribution in [3.05, 3.63) is 29.3 Å². The third-order valence-corrected chi connectivity index (χ3v) is 3.19. The van der Waals surface area contributed by atoms with Crippen LogP contribution >= 0.6 is 0 Å². The Morgan fingerprint density at radius 2 is 1.61 bits per heavy atom. The minimum Gasteiger partial charge on any atom is -0.719 e. The third-order valence-electron chi connectivity index (χ3n) is 3.09. The van der Waals surface area contributed by atoms with Crippen LogP contribution in [0.15, 0.2) is 18.2 Å². The maximum Gasteiger partial charge on any atom is 2.00 e. The van der Waals surface area contributed by atoms with Gasteiger partial charge in [-0.05, 0) is 42.9 Å². The Balaban J connectivity index is 0. The van der Waals surface area contributed by atoms with Gasteiger partial charge in [0.05, 0.1) is 5.24 Å². The van der Waals surface area contributed by atoms with Crippen molar-refractivity contribution in [2.45, 2.75) is 52.4 Å². The Morgan fingerprint density at radius 1 is 1.09 bits per heavy atom. The number of hydrogen-bond donors (Lipinski definition) is 2. The van der Waals surface area contributed by atoms with Gasteiger partial charge in [-0.2, -0.15) is 0 Å². The number of anilines is 1. The Bertz CT molecular complexity index is 481. The number of unbranched alkanes of at least 4 members (excludes halogenated alkanes) is 2. The van der Waals surface area contributed by atoms with Gasteiger partial charge in [0.2, 0.25) is 0 Å². The summed E-state index contributed by atoms with van der Waals surface area (Å²) in [5.74, 6) is 0. The number of carbonyl (C=O) groups is 2. The van der Waals surface area contributed by atoms with E-state index in [-0.39, 0.29) is 19.5 Å². The molecule has 0 atom stereocenters. The average Bonchev–Trinajstić information content (AvgIpc) is 2.42. The number of amides is 2. The summed E-state index contributed by atoms with van der Waals surface area (Å²) in [6.07, 6.45) is 6.76. The first-order chi connectivity index (χ1) is 10.4. The van der Waals surface area contributed by atoms with E-state index in [2.05, 4.69) is 56.2 Å². The average molecular weight is 406 g/mol. The molecule has 0 unspecified atom stereocenters. The first-order valence-electron chi connectivity index (χ1n) is 7.47. The van der Waals surface area contributed by atoms with Crippen LogP contribution in [0, 0.1) is 0 Å². The summed E-state index contributed by atoms with van der Waals surface area (Å²) in [5, 5.41) is 1.62. The minimum atomic E-state index is -0.750. The number of primary amides is 1. The molecule has 1 aromatic rings. The van der Waals surface area contributed by atoms with Gasteiger partial charge in [-0.15, -0.1) is 0 Å². The molecular formula is C16H24N2O2S2Zn. The van der Waals surface area contributed by atoms with Gasteiger partial charge in [-0.1, -0.05) is 38.8 Å². The summed E-state index contributed by atoms with van der Waals surface area (Å²) in [7, 11) is 0. The molecule has 0 aliphatic heterocycles. The monoisotopic (exact) mass is 404 g/mol. The molecule has 0 saturated heterocycles. The molecule has 0 saturated carbocycles. The van der Waals surface area contributed by atoms with Gasteiger partial charge >= 0.3 is 19.5 Å². The molecule has 3 N–H and O–H groups in total. The largest absolute Gasteiger partial charge is 2.00 e. The topological polar surface area (TPSA) is 72.2 Å². The molecule has 1 aromatic carbocycles. The van der Waals surface area contributed by atoms with E-state index < -0.39 is 10.5 Å². The van der Waals surface area contributed by atoms with E-state index in [4.69, 9.17) is 4.79 Å². The summed E-state index contributed by atoms with van der Waals surface area (Å²) in [5.41, 5.74) is 7.81. The van der Waals surface area contributed by atoms with Gasteiger partial charge in [0, 0.05) is 5.69 Å². The first-order valence-corrected chi connectivity index (χ1v) is 8.29. The van der Waals surface area contributed by atoms with Crippen molar-refractivity contribution in [3.8, 4) is 0 Å². The molecule has 0 aliphatic carbocycles. The molecule has 1 rings (SSSR count). The van der Waals surface area contributed by atoms with Crippen LogP contribution in [-0.2, 0) is 57.6 Å². The standard InChI is InChI=1S/C15H23NOS.CH3NOS.Zn/c1-3-5-8-12-9-7-11-14(16-15(17)18)13(12)10-6-4-2;2-1(3)4;/h7,9,11H,3-6,8,10H2,1-2H3,(H2,16,17,18);(H3,2,3,4);/q;;+2/p-2. The third kappa shape index (κ3) is 12.3. The van der Waals surface area contributed by atoms with Gasteiger partial charge < -0.3 is 45.9 Å². The predicted molar refractivity (Wildman–Crippen MR) is 97.0 cm³/mol. The molecule has 0 bridgehead atoms. The van der Waals surface area contributed by atoms with Gasteiger partial charge in [-0.25, -0.2) is 0 Å². The van der Waals surface area contributed by atoms with Crippen molar-refractivity contribution in [2.24, 2.45) is 5.73 Å². The molecule has 0 radical (unpaired) electrons. The Hall–Kier alpha value is -0.777. The van der Waals surface area contributed by atoms with E-state index >= 15 is 0 Å². The number of carbonyl (C=O) groups excluding carboxylic acids is 2. The Kier molecular flexibility index (Phi) is 15.7. The molecule has 0 heterocycles. The van der Waals surface area contributed by atoms with Crippen LogP contribution in [0.2, 0.25) is 0 Å². The SMILES string of the molecule is CCCCc1cccc(NC(=O)[S-])c1CCCC.NC(=O)[S-].[Zn+2]. The van der Waals surface area contributed by atoms with E-state index in [1.807, 2.05) is 12.1 Å². The zero-order valence-corrected chi connectivity index (χ0v) is 18.5. The molecule has 0 aromatic heterocycles. The van der Waals surface area contributed by atoms with Crippen LogP contribution in [0.1, 0.15) is 50.7 Å². The molecule has 2 amide bonds. The number of aryl methyl sites for hydroxylation is 1. The van der Waals surface area contributed by atoms with Crippen molar-refractivity contribution in [3.63, 3.8) is 0 Å². The Labute approximate surface area is 162 Å². The maximum atomic E-state index is 11.1. The maximum absolute atomic E-state index is 11.1. The van der Waals surface area contributed by atoms with Gasteiger partial charge in [0.15, 0.2) is 0 Å². The number of hydrogen-bond acceptors (Lipinski definition) is 4. The van der Waals surface area contributed by atoms with Crippen LogP contribution in [0.5, 0.6) is 0 Å². The molecule has 124 valence electrons. The summed E-state index contributed by atoms with van der Waals surface area (Å²) in [6.45, 7) is 4.38. The van der Waals surface area contributed by atoms with Gasteiger partial charge in [-0.3, -0.25) is 0 Å². The predicted octanol–water partition coefficient (Wildman–Crippen LogP) is 4.06. The molecule has 0 spiro atoms. The molecule has 0 aliphatic rings. The van der Waals surface area contributed by atoms with Crippen molar-refractivity contribution in [1.82, 2.24) is 0 Å². The van der Waals surface area contributed by atoms with E-state index in [0.717, 1.165) is 31.4 Å². The fourth-order valence-electron chi connectivity index (χ4n) is 2.11. The van der Waals surface area contributed by atoms with Crippen molar-refractivity contribution < 1.29 is 29.1 Å². The second kappa shape index (κ2) is 14.8. The Morgan fingerprint density at radius 3 is 2.09 bits per heavy atom. The van der Waals surface area contributed by atoms with Gasteiger partial charge in [0.1, 0.15) is 5.24 Å². The van der Waals surface area contributed by atoms with E-state index in [1.54, 1.807) is 0 Å². The van der Waals surface area contributed by atoms with E-state index in [9.17, 15) is 4.79 Å². The minimum absolute atomic E-state index is 0. The molecule has 4 nitrogen and oxygen atoms in total. The van der Waals surface area contributed by atoms with Crippen molar-refractivity contribution >= 4 is 41.4 Å². The number of rotatable bonds is 7. The summed E-state index contributed by atoms with van der Waals surface area (Å²) in [6, 6.07) is 6.12. The van der Waals surface area contributed by atoms with E-state index in [0.29, 0.717) is 0 Å². The zero-order valence-electron chi connectivity index (χ0n) is 13.9. The number of nitrogens with one attached hydrogen (secondary N) is 1. The molecular weight excluding hydrogens is 382 g/mol. The van der Waals surface area contributed by atoms with Crippen LogP contribution in [0.3, 0.4) is 0 Å². The quantitative estimate of drug-likeness (QED) is 0.530. The smallest absolute Gasteiger partial charge is 0.719 e. The second-order valence-electron chi connectivity index (χ2n) is 4.88. The fourth-order valence-corrected chi connectivity index (χ4v) is 2.22. The van der Waals surface area contributed by atoms with Gasteiger partial charge in [0.25, 0.3) is 0 Å². The fraction of sp³-hybridized carbons (Fsp3) is 0.500.